The lowest BCUT2D eigenvalue weighted by Gasteiger charge is -2.08. The molecule has 0 aliphatic carbocycles. The Morgan fingerprint density at radius 2 is 2.36 bits per heavy atom. The number of rotatable bonds is 2. The normalized spacial score (nSPS) is 25.1. The van der Waals surface area contributed by atoms with Crippen LogP contribution in [0.1, 0.15) is 6.42 Å². The molecule has 0 saturated carbocycles. The van der Waals surface area contributed by atoms with E-state index in [1.54, 1.807) is 7.05 Å². The van der Waals surface area contributed by atoms with E-state index >= 15 is 0 Å². The average Bonchev–Trinajstić information content (AvgIpc) is 2.61. The molecule has 1 unspecified atom stereocenters. The van der Waals surface area contributed by atoms with Gasteiger partial charge in [-0.3, -0.25) is 0 Å². The molecule has 1 saturated heterocycles. The van der Waals surface area contributed by atoms with Crippen molar-refractivity contribution in [2.75, 3.05) is 16.8 Å². The molecule has 8 heteroatoms. The highest BCUT2D eigenvalue weighted by molar-refractivity contribution is 7.91. The summed E-state index contributed by atoms with van der Waals surface area (Å²) in [5.41, 5.74) is 0. The molecule has 78 valence electrons. The van der Waals surface area contributed by atoms with Crippen LogP contribution in [0.4, 0.5) is 5.95 Å². The van der Waals surface area contributed by atoms with E-state index in [0.29, 0.717) is 12.4 Å². The molecule has 1 fully saturated rings. The van der Waals surface area contributed by atoms with Gasteiger partial charge in [-0.15, -0.1) is 0 Å². The first-order valence-corrected chi connectivity index (χ1v) is 6.08. The second kappa shape index (κ2) is 3.19. The Bertz CT molecular complexity index is 425. The summed E-state index contributed by atoms with van der Waals surface area (Å²) in [5.74, 6) is 0.919. The Kier molecular flexibility index (Phi) is 2.14. The lowest BCUT2D eigenvalue weighted by Crippen LogP contribution is -2.22. The molecule has 2 heterocycles. The Labute approximate surface area is 81.4 Å². The van der Waals surface area contributed by atoms with E-state index in [-0.39, 0.29) is 17.5 Å². The summed E-state index contributed by atoms with van der Waals surface area (Å²) in [4.78, 5) is 0. The second-order valence-electron chi connectivity index (χ2n) is 3.37. The van der Waals surface area contributed by atoms with Gasteiger partial charge >= 0.3 is 0 Å². The molecule has 0 bridgehead atoms. The maximum atomic E-state index is 11.2. The van der Waals surface area contributed by atoms with Gasteiger partial charge in [0.15, 0.2) is 9.84 Å². The standard InChI is InChI=1S/C6H11N5O2S/c1-11-6(8-9-10-11)7-5-2-3-14(12,13)4-5/h5H,2-4H2,1H3,(H,7,8,10). The molecule has 1 aromatic rings. The van der Waals surface area contributed by atoms with Crippen LogP contribution in [0.3, 0.4) is 0 Å². The number of nitrogens with zero attached hydrogens (tertiary/aromatic N) is 4. The number of anilines is 1. The van der Waals surface area contributed by atoms with Crippen LogP contribution in [0.2, 0.25) is 0 Å². The molecule has 0 spiro atoms. The van der Waals surface area contributed by atoms with Gasteiger partial charge in [-0.25, -0.2) is 13.1 Å². The van der Waals surface area contributed by atoms with Crippen LogP contribution < -0.4 is 5.32 Å². The van der Waals surface area contributed by atoms with Crippen molar-refractivity contribution in [1.29, 1.82) is 0 Å². The first-order valence-electron chi connectivity index (χ1n) is 4.26. The number of hydrogen-bond acceptors (Lipinski definition) is 6. The van der Waals surface area contributed by atoms with Crippen LogP contribution >= 0.6 is 0 Å². The molecule has 14 heavy (non-hydrogen) atoms. The molecule has 7 nitrogen and oxygen atoms in total. The molecule has 0 amide bonds. The lowest BCUT2D eigenvalue weighted by molar-refractivity contribution is 0.601. The van der Waals surface area contributed by atoms with Gasteiger partial charge in [-0.2, -0.15) is 0 Å². The zero-order chi connectivity index (χ0) is 10.2. The summed E-state index contributed by atoms with van der Waals surface area (Å²) in [6.07, 6.45) is 0.620. The van der Waals surface area contributed by atoms with E-state index in [0.717, 1.165) is 0 Å². The van der Waals surface area contributed by atoms with Crippen molar-refractivity contribution in [2.24, 2.45) is 7.05 Å². The molecule has 1 atom stereocenters. The highest BCUT2D eigenvalue weighted by atomic mass is 32.2. The van der Waals surface area contributed by atoms with Gasteiger partial charge in [0.2, 0.25) is 5.95 Å². The highest BCUT2D eigenvalue weighted by Crippen LogP contribution is 2.14. The Morgan fingerprint density at radius 3 is 2.86 bits per heavy atom. The second-order valence-corrected chi connectivity index (χ2v) is 5.60. The van der Waals surface area contributed by atoms with Gasteiger partial charge in [0, 0.05) is 13.1 Å². The van der Waals surface area contributed by atoms with Crippen molar-refractivity contribution in [3.63, 3.8) is 0 Å². The Balaban J connectivity index is 2.04. The minimum Gasteiger partial charge on any atom is -0.349 e. The van der Waals surface area contributed by atoms with Crippen LogP contribution in [-0.4, -0.2) is 46.2 Å². The number of aryl methyl sites for hydroxylation is 1. The van der Waals surface area contributed by atoms with Crippen LogP contribution in [0, 0.1) is 0 Å². The van der Waals surface area contributed by atoms with E-state index in [1.807, 2.05) is 0 Å². The Hall–Kier alpha value is -1.18. The van der Waals surface area contributed by atoms with Crippen molar-refractivity contribution < 1.29 is 8.42 Å². The molecule has 0 radical (unpaired) electrons. The number of aromatic nitrogens is 4. The van der Waals surface area contributed by atoms with Crippen molar-refractivity contribution >= 4 is 15.8 Å². The summed E-state index contributed by atoms with van der Waals surface area (Å²) >= 11 is 0. The fourth-order valence-corrected chi connectivity index (χ4v) is 3.12. The summed E-state index contributed by atoms with van der Waals surface area (Å²) in [5, 5.41) is 13.8. The molecular formula is C6H11N5O2S. The predicted molar refractivity (Wildman–Crippen MR) is 49.5 cm³/mol. The predicted octanol–water partition coefficient (Wildman–Crippen LogP) is -1.19. The van der Waals surface area contributed by atoms with E-state index in [9.17, 15) is 8.42 Å². The summed E-state index contributed by atoms with van der Waals surface area (Å²) in [7, 11) is -1.15. The highest BCUT2D eigenvalue weighted by Gasteiger charge is 2.28. The zero-order valence-corrected chi connectivity index (χ0v) is 8.53. The van der Waals surface area contributed by atoms with E-state index in [2.05, 4.69) is 20.8 Å². The van der Waals surface area contributed by atoms with E-state index in [4.69, 9.17) is 0 Å². The summed E-state index contributed by atoms with van der Waals surface area (Å²) in [6.45, 7) is 0. The number of tetrazole rings is 1. The molecule has 1 aliphatic rings. The first kappa shape index (κ1) is 9.38. The number of sulfone groups is 1. The molecule has 2 rings (SSSR count). The molecule has 1 N–H and O–H groups in total. The summed E-state index contributed by atoms with van der Waals surface area (Å²) < 4.78 is 23.8. The van der Waals surface area contributed by atoms with Gasteiger partial charge < -0.3 is 5.32 Å². The van der Waals surface area contributed by atoms with E-state index < -0.39 is 9.84 Å². The third-order valence-electron chi connectivity index (χ3n) is 2.19. The molecule has 1 aliphatic heterocycles. The molecule has 0 aromatic carbocycles. The van der Waals surface area contributed by atoms with Crippen molar-refractivity contribution in [1.82, 2.24) is 20.2 Å². The smallest absolute Gasteiger partial charge is 0.242 e. The minimum absolute atomic E-state index is 0.0651. The Morgan fingerprint density at radius 1 is 1.57 bits per heavy atom. The van der Waals surface area contributed by atoms with Crippen LogP contribution in [0.25, 0.3) is 0 Å². The average molecular weight is 217 g/mol. The largest absolute Gasteiger partial charge is 0.349 e. The summed E-state index contributed by atoms with van der Waals surface area (Å²) in [6, 6.07) is -0.0651. The fraction of sp³-hybridized carbons (Fsp3) is 0.833. The van der Waals surface area contributed by atoms with Crippen LogP contribution in [0.15, 0.2) is 0 Å². The van der Waals surface area contributed by atoms with Gasteiger partial charge in [-0.1, -0.05) is 5.10 Å². The van der Waals surface area contributed by atoms with E-state index in [1.165, 1.54) is 4.68 Å². The first-order chi connectivity index (χ1) is 6.57. The van der Waals surface area contributed by atoms with Crippen LogP contribution in [-0.2, 0) is 16.9 Å². The van der Waals surface area contributed by atoms with Crippen molar-refractivity contribution in [3.8, 4) is 0 Å². The third kappa shape index (κ3) is 1.84. The zero-order valence-electron chi connectivity index (χ0n) is 7.71. The lowest BCUT2D eigenvalue weighted by atomic mass is 10.3. The SMILES string of the molecule is Cn1nnnc1NC1CCS(=O)(=O)C1. The van der Waals surface area contributed by atoms with Gasteiger partial charge in [0.1, 0.15) is 0 Å². The topological polar surface area (TPSA) is 89.8 Å². The third-order valence-corrected chi connectivity index (χ3v) is 3.95. The number of nitrogens with one attached hydrogen (secondary N) is 1. The monoisotopic (exact) mass is 217 g/mol. The van der Waals surface area contributed by atoms with Gasteiger partial charge in [0.25, 0.3) is 0 Å². The van der Waals surface area contributed by atoms with Crippen molar-refractivity contribution in [3.05, 3.63) is 0 Å². The number of hydrogen-bond donors (Lipinski definition) is 1. The molecule has 1 aromatic heterocycles. The maximum absolute atomic E-state index is 11.2. The van der Waals surface area contributed by atoms with Crippen molar-refractivity contribution in [2.45, 2.75) is 12.5 Å². The minimum atomic E-state index is -2.85. The maximum Gasteiger partial charge on any atom is 0.242 e. The molecular weight excluding hydrogens is 206 g/mol. The quantitative estimate of drug-likeness (QED) is 0.670. The van der Waals surface area contributed by atoms with Gasteiger partial charge in [-0.05, 0) is 16.8 Å². The fourth-order valence-electron chi connectivity index (χ4n) is 1.44. The van der Waals surface area contributed by atoms with Gasteiger partial charge in [0.05, 0.1) is 11.5 Å². The van der Waals surface area contributed by atoms with Crippen LogP contribution in [0.5, 0.6) is 0 Å².